The first-order valence-electron chi connectivity index (χ1n) is 9.32. The molecule has 0 unspecified atom stereocenters. The number of anilines is 3. The molecule has 1 N–H and O–H groups in total. The van der Waals surface area contributed by atoms with E-state index in [1.165, 1.54) is 11.1 Å². The van der Waals surface area contributed by atoms with Gasteiger partial charge < -0.3 is 10.2 Å². The Hall–Kier alpha value is -3.21. The molecule has 27 heavy (non-hydrogen) atoms. The van der Waals surface area contributed by atoms with Crippen molar-refractivity contribution in [3.63, 3.8) is 0 Å². The van der Waals surface area contributed by atoms with Crippen molar-refractivity contribution in [2.75, 3.05) is 16.8 Å². The highest BCUT2D eigenvalue weighted by atomic mass is 16.1. The van der Waals surface area contributed by atoms with Crippen LogP contribution in [0.4, 0.5) is 17.3 Å². The maximum atomic E-state index is 12.4. The highest BCUT2D eigenvalue weighted by molar-refractivity contribution is 6.03. The molecule has 0 atom stereocenters. The third-order valence-corrected chi connectivity index (χ3v) is 4.87. The van der Waals surface area contributed by atoms with Gasteiger partial charge in [-0.15, -0.1) is 0 Å². The summed E-state index contributed by atoms with van der Waals surface area (Å²) in [6.45, 7) is 2.99. The van der Waals surface area contributed by atoms with Crippen molar-refractivity contribution in [3.05, 3.63) is 77.6 Å². The number of fused-ring (bicyclic) bond motifs is 1. The Morgan fingerprint density at radius 1 is 1.07 bits per heavy atom. The summed E-state index contributed by atoms with van der Waals surface area (Å²) >= 11 is 0. The quantitative estimate of drug-likeness (QED) is 0.752. The first kappa shape index (κ1) is 17.2. The van der Waals surface area contributed by atoms with Crippen LogP contribution in [0.3, 0.4) is 0 Å². The minimum Gasteiger partial charge on any atom is -0.322 e. The van der Waals surface area contributed by atoms with Gasteiger partial charge in [0, 0.05) is 30.3 Å². The molecule has 0 radical (unpaired) electrons. The number of nitrogens with zero attached hydrogens (tertiary/aromatic N) is 3. The lowest BCUT2D eigenvalue weighted by Gasteiger charge is -2.29. The van der Waals surface area contributed by atoms with Crippen molar-refractivity contribution >= 4 is 23.2 Å². The second kappa shape index (κ2) is 7.58. The minimum atomic E-state index is -0.204. The van der Waals surface area contributed by atoms with Crippen molar-refractivity contribution in [1.82, 2.24) is 9.97 Å². The monoisotopic (exact) mass is 358 g/mol. The predicted octanol–water partition coefficient (Wildman–Crippen LogP) is 4.38. The molecule has 0 fully saturated rings. The van der Waals surface area contributed by atoms with E-state index < -0.39 is 0 Å². The molecule has 0 saturated carbocycles. The Labute approximate surface area is 159 Å². The summed E-state index contributed by atoms with van der Waals surface area (Å²) in [6, 6.07) is 16.2. The first-order chi connectivity index (χ1) is 13.2. The average Bonchev–Trinajstić information content (AvgIpc) is 2.74. The van der Waals surface area contributed by atoms with Crippen LogP contribution < -0.4 is 10.2 Å². The van der Waals surface area contributed by atoms with Crippen LogP contribution in [0.15, 0.2) is 60.9 Å². The highest BCUT2D eigenvalue weighted by Crippen LogP contribution is 2.31. The largest absolute Gasteiger partial charge is 0.322 e. The lowest BCUT2D eigenvalue weighted by molar-refractivity contribution is 0.102. The van der Waals surface area contributed by atoms with Crippen LogP contribution in [0, 0.1) is 0 Å². The van der Waals surface area contributed by atoms with Crippen LogP contribution in [0.5, 0.6) is 0 Å². The Morgan fingerprint density at radius 3 is 2.56 bits per heavy atom. The molecule has 1 aliphatic heterocycles. The van der Waals surface area contributed by atoms with E-state index >= 15 is 0 Å². The smallest absolute Gasteiger partial charge is 0.258 e. The Balaban J connectivity index is 1.50. The second-order valence-corrected chi connectivity index (χ2v) is 6.66. The maximum absolute atomic E-state index is 12.4. The van der Waals surface area contributed by atoms with Crippen molar-refractivity contribution in [3.8, 4) is 0 Å². The van der Waals surface area contributed by atoms with Gasteiger partial charge in [-0.05, 0) is 48.6 Å². The molecule has 2 aromatic carbocycles. The molecule has 5 heteroatoms. The number of nitrogens with one attached hydrogen (secondary N) is 1. The fraction of sp³-hybridized carbons (Fsp3) is 0.227. The molecule has 5 nitrogen and oxygen atoms in total. The van der Waals surface area contributed by atoms with E-state index in [2.05, 4.69) is 45.3 Å². The molecule has 0 spiro atoms. The molecule has 0 aliphatic carbocycles. The fourth-order valence-corrected chi connectivity index (χ4v) is 3.35. The van der Waals surface area contributed by atoms with Gasteiger partial charge >= 0.3 is 0 Å². The molecule has 3 aromatic rings. The summed E-state index contributed by atoms with van der Waals surface area (Å²) in [7, 11) is 0. The van der Waals surface area contributed by atoms with Gasteiger partial charge in [0.15, 0.2) is 0 Å². The first-order valence-corrected chi connectivity index (χ1v) is 9.32. The lowest BCUT2D eigenvalue weighted by Crippen LogP contribution is -2.26. The second-order valence-electron chi connectivity index (χ2n) is 6.66. The van der Waals surface area contributed by atoms with Crippen LogP contribution in [-0.4, -0.2) is 22.4 Å². The van der Waals surface area contributed by atoms with Crippen LogP contribution in [0.25, 0.3) is 0 Å². The Bertz CT molecular complexity index is 935. The zero-order valence-electron chi connectivity index (χ0n) is 15.4. The molecule has 2 heterocycles. The lowest BCUT2D eigenvalue weighted by atomic mass is 10.0. The molecule has 0 bridgehead atoms. The molecule has 1 aliphatic rings. The van der Waals surface area contributed by atoms with E-state index in [4.69, 9.17) is 0 Å². The minimum absolute atomic E-state index is 0.204. The van der Waals surface area contributed by atoms with Crippen LogP contribution in [0.2, 0.25) is 0 Å². The maximum Gasteiger partial charge on any atom is 0.258 e. The van der Waals surface area contributed by atoms with Gasteiger partial charge in [-0.3, -0.25) is 4.79 Å². The van der Waals surface area contributed by atoms with E-state index in [0.717, 1.165) is 37.2 Å². The predicted molar refractivity (Wildman–Crippen MR) is 108 cm³/mol. The van der Waals surface area contributed by atoms with Gasteiger partial charge in [-0.25, -0.2) is 9.97 Å². The van der Waals surface area contributed by atoms with Gasteiger partial charge in [0.05, 0.1) is 5.56 Å². The SMILES string of the molecule is CCc1ccc(NC(=O)c2cnc(N3CCCc4ccccc43)nc2)cc1. The summed E-state index contributed by atoms with van der Waals surface area (Å²) in [4.78, 5) is 23.5. The van der Waals surface area contributed by atoms with E-state index in [1.54, 1.807) is 12.4 Å². The number of rotatable bonds is 4. The molecule has 4 rings (SSSR count). The number of amides is 1. The number of carbonyl (C=O) groups is 1. The van der Waals surface area contributed by atoms with Crippen molar-refractivity contribution < 1.29 is 4.79 Å². The number of hydrogen-bond donors (Lipinski definition) is 1. The Kier molecular flexibility index (Phi) is 4.83. The highest BCUT2D eigenvalue weighted by Gasteiger charge is 2.20. The molecule has 136 valence electrons. The van der Waals surface area contributed by atoms with Crippen LogP contribution in [-0.2, 0) is 12.8 Å². The third kappa shape index (κ3) is 3.67. The summed E-state index contributed by atoms with van der Waals surface area (Å²) in [6.07, 6.45) is 6.30. The van der Waals surface area contributed by atoms with Gasteiger partial charge in [0.25, 0.3) is 5.91 Å². The summed E-state index contributed by atoms with van der Waals surface area (Å²) in [5.41, 5.74) is 4.92. The summed E-state index contributed by atoms with van der Waals surface area (Å²) in [5.74, 6) is 0.427. The zero-order chi connectivity index (χ0) is 18.6. The normalized spacial score (nSPS) is 13.1. The fourth-order valence-electron chi connectivity index (χ4n) is 3.35. The summed E-state index contributed by atoms with van der Waals surface area (Å²) < 4.78 is 0. The van der Waals surface area contributed by atoms with Gasteiger partial charge in [0.2, 0.25) is 5.95 Å². The molecule has 1 aromatic heterocycles. The number of benzene rings is 2. The van der Waals surface area contributed by atoms with E-state index in [9.17, 15) is 4.79 Å². The van der Waals surface area contributed by atoms with Crippen molar-refractivity contribution in [2.45, 2.75) is 26.2 Å². The van der Waals surface area contributed by atoms with E-state index in [-0.39, 0.29) is 5.91 Å². The van der Waals surface area contributed by atoms with E-state index in [0.29, 0.717) is 11.5 Å². The van der Waals surface area contributed by atoms with Crippen LogP contribution >= 0.6 is 0 Å². The van der Waals surface area contributed by atoms with Crippen molar-refractivity contribution in [2.24, 2.45) is 0 Å². The number of carbonyl (C=O) groups excluding carboxylic acids is 1. The number of aryl methyl sites for hydroxylation is 2. The Morgan fingerprint density at radius 2 is 1.81 bits per heavy atom. The van der Waals surface area contributed by atoms with Gasteiger partial charge in [0.1, 0.15) is 0 Å². The third-order valence-electron chi connectivity index (χ3n) is 4.87. The van der Waals surface area contributed by atoms with Gasteiger partial charge in [-0.1, -0.05) is 37.3 Å². The van der Waals surface area contributed by atoms with Crippen LogP contribution in [0.1, 0.15) is 34.8 Å². The van der Waals surface area contributed by atoms with Crippen molar-refractivity contribution in [1.29, 1.82) is 0 Å². The zero-order valence-corrected chi connectivity index (χ0v) is 15.4. The van der Waals surface area contributed by atoms with E-state index in [1.807, 2.05) is 30.3 Å². The molecule has 0 saturated heterocycles. The topological polar surface area (TPSA) is 58.1 Å². The van der Waals surface area contributed by atoms with Gasteiger partial charge in [-0.2, -0.15) is 0 Å². The molecular formula is C22H22N4O. The number of hydrogen-bond acceptors (Lipinski definition) is 4. The molecule has 1 amide bonds. The standard InChI is InChI=1S/C22H22N4O/c1-2-16-9-11-19(12-10-16)25-21(27)18-14-23-22(24-15-18)26-13-5-7-17-6-3-4-8-20(17)26/h3-4,6,8-12,14-15H,2,5,7,13H2,1H3,(H,25,27). The number of para-hydroxylation sites is 1. The average molecular weight is 358 g/mol. The molecular weight excluding hydrogens is 336 g/mol. The summed E-state index contributed by atoms with van der Waals surface area (Å²) in [5, 5.41) is 2.89. The number of aromatic nitrogens is 2.